The maximum Gasteiger partial charge on any atom is 0.253 e. The van der Waals surface area contributed by atoms with Gasteiger partial charge in [-0.3, -0.25) is 4.79 Å². The predicted molar refractivity (Wildman–Crippen MR) is 69.4 cm³/mol. The third-order valence-electron chi connectivity index (χ3n) is 1.61. The molecule has 0 spiro atoms. The Labute approximate surface area is 113 Å². The number of benzene rings is 1. The first-order valence-electron chi connectivity index (χ1n) is 4.02. The molecule has 82 valence electrons. The molecule has 1 aromatic carbocycles. The first-order chi connectivity index (χ1) is 6.91. The summed E-state index contributed by atoms with van der Waals surface area (Å²) in [5.74, 6) is -0.342. The molecule has 0 unspecified atom stereocenters. The number of carbonyl (C=O) groups excluding carboxylic acids is 1. The average Bonchev–Trinajstić information content (AvgIpc) is 2.17. The summed E-state index contributed by atoms with van der Waals surface area (Å²) in [5, 5.41) is 12.0. The van der Waals surface area contributed by atoms with E-state index in [1.54, 1.807) is 24.3 Å². The van der Waals surface area contributed by atoms with Gasteiger partial charge in [-0.15, -0.1) is 0 Å². The molecule has 0 aliphatic heterocycles. The van der Waals surface area contributed by atoms with Crippen molar-refractivity contribution in [1.29, 1.82) is 0 Å². The van der Waals surface area contributed by atoms with E-state index in [1.807, 2.05) is 6.07 Å². The molecule has 1 atom stereocenters. The van der Waals surface area contributed by atoms with Crippen molar-refractivity contribution in [3.05, 3.63) is 35.9 Å². The van der Waals surface area contributed by atoms with Crippen molar-refractivity contribution in [2.45, 2.75) is 8.37 Å². The van der Waals surface area contributed by atoms with Crippen LogP contribution in [0.2, 0.25) is 0 Å². The van der Waals surface area contributed by atoms with E-state index in [-0.39, 0.29) is 5.91 Å². The van der Waals surface area contributed by atoms with Crippen molar-refractivity contribution < 1.29 is 9.90 Å². The summed E-state index contributed by atoms with van der Waals surface area (Å²) in [7, 11) is 0. The normalized spacial score (nSPS) is 13.3. The second kappa shape index (κ2) is 5.43. The fourth-order valence-corrected chi connectivity index (χ4v) is 1.22. The molecule has 0 aliphatic carbocycles. The van der Waals surface area contributed by atoms with E-state index in [1.165, 1.54) is 0 Å². The van der Waals surface area contributed by atoms with Gasteiger partial charge in [-0.05, 0) is 12.1 Å². The van der Waals surface area contributed by atoms with Crippen LogP contribution in [0.1, 0.15) is 10.4 Å². The largest absolute Gasteiger partial charge is 0.370 e. The molecule has 2 N–H and O–H groups in total. The molecule has 1 aromatic rings. The van der Waals surface area contributed by atoms with Gasteiger partial charge in [0.1, 0.15) is 0 Å². The highest BCUT2D eigenvalue weighted by Gasteiger charge is 2.30. The number of hydrogen-bond acceptors (Lipinski definition) is 2. The van der Waals surface area contributed by atoms with Gasteiger partial charge >= 0.3 is 0 Å². The van der Waals surface area contributed by atoms with Gasteiger partial charge in [-0.1, -0.05) is 66.0 Å². The summed E-state index contributed by atoms with van der Waals surface area (Å²) in [4.78, 5) is 11.6. The van der Waals surface area contributed by atoms with Crippen LogP contribution in [0.5, 0.6) is 0 Å². The zero-order chi connectivity index (χ0) is 11.5. The van der Waals surface area contributed by atoms with Crippen LogP contribution in [0.15, 0.2) is 30.3 Å². The lowest BCUT2D eigenvalue weighted by atomic mass is 10.2. The number of rotatable bonds is 2. The van der Waals surface area contributed by atoms with Gasteiger partial charge in [0.15, 0.2) is 8.37 Å². The zero-order valence-electron chi connectivity index (χ0n) is 7.45. The van der Waals surface area contributed by atoms with E-state index in [4.69, 9.17) is 0 Å². The summed E-state index contributed by atoms with van der Waals surface area (Å²) in [6, 6.07) is 8.66. The molecule has 0 aromatic heterocycles. The lowest BCUT2D eigenvalue weighted by Crippen LogP contribution is -2.42. The first kappa shape index (κ1) is 13.2. The van der Waals surface area contributed by atoms with Crippen LogP contribution in [0.3, 0.4) is 0 Å². The minimum Gasteiger partial charge on any atom is -0.370 e. The van der Waals surface area contributed by atoms with Crippen molar-refractivity contribution in [3.63, 3.8) is 0 Å². The lowest BCUT2D eigenvalue weighted by molar-refractivity contribution is 0.0810. The fourth-order valence-electron chi connectivity index (χ4n) is 0.879. The van der Waals surface area contributed by atoms with Gasteiger partial charge in [-0.2, -0.15) is 0 Å². The Morgan fingerprint density at radius 1 is 1.27 bits per heavy atom. The Kier molecular flexibility index (Phi) is 4.76. The maximum atomic E-state index is 11.6. The van der Waals surface area contributed by atoms with Crippen LogP contribution in [0.4, 0.5) is 0 Å². The second-order valence-electron chi connectivity index (χ2n) is 2.78. The molecule has 1 amide bonds. The quantitative estimate of drug-likeness (QED) is 0.591. The SMILES string of the molecule is O=C(N[C@H](O)C(Br)(Br)Br)c1ccccc1. The number of aliphatic hydroxyl groups excluding tert-OH is 1. The third-order valence-corrected chi connectivity index (χ3v) is 2.91. The highest BCUT2D eigenvalue weighted by Crippen LogP contribution is 2.36. The minimum absolute atomic E-state index is 0.342. The molecule has 0 aliphatic rings. The number of amides is 1. The number of hydrogen-bond donors (Lipinski definition) is 2. The van der Waals surface area contributed by atoms with Crippen LogP contribution in [-0.4, -0.2) is 19.4 Å². The van der Waals surface area contributed by atoms with Crippen molar-refractivity contribution in [2.75, 3.05) is 0 Å². The van der Waals surface area contributed by atoms with Crippen LogP contribution in [0.25, 0.3) is 0 Å². The van der Waals surface area contributed by atoms with E-state index in [0.717, 1.165) is 0 Å². The molecule has 0 heterocycles. The number of nitrogens with one attached hydrogen (secondary N) is 1. The van der Waals surface area contributed by atoms with Crippen LogP contribution >= 0.6 is 47.8 Å². The minimum atomic E-state index is -1.09. The van der Waals surface area contributed by atoms with Crippen LogP contribution < -0.4 is 5.32 Å². The van der Waals surface area contributed by atoms with E-state index in [9.17, 15) is 9.90 Å². The fraction of sp³-hybridized carbons (Fsp3) is 0.222. The smallest absolute Gasteiger partial charge is 0.253 e. The summed E-state index contributed by atoms with van der Waals surface area (Å²) in [5.41, 5.74) is 0.494. The number of halogens is 3. The second-order valence-corrected chi connectivity index (χ2v) is 9.73. The molecule has 15 heavy (non-hydrogen) atoms. The summed E-state index contributed by atoms with van der Waals surface area (Å²) in [6.07, 6.45) is -1.09. The van der Waals surface area contributed by atoms with Gasteiger partial charge in [0.05, 0.1) is 0 Å². The Hall–Kier alpha value is 0.0900. The van der Waals surface area contributed by atoms with E-state index in [0.29, 0.717) is 5.56 Å². The molecule has 6 heteroatoms. The van der Waals surface area contributed by atoms with Gasteiger partial charge in [0.25, 0.3) is 5.91 Å². The third kappa shape index (κ3) is 4.22. The number of aliphatic hydroxyl groups is 1. The van der Waals surface area contributed by atoms with Crippen LogP contribution in [-0.2, 0) is 0 Å². The van der Waals surface area contributed by atoms with Gasteiger partial charge < -0.3 is 10.4 Å². The van der Waals surface area contributed by atoms with E-state index < -0.39 is 8.37 Å². The molecular weight excluding hydrogens is 394 g/mol. The molecule has 0 saturated carbocycles. The standard InChI is InChI=1S/C9H8Br3NO2/c10-9(11,12)8(15)13-7(14)6-4-2-1-3-5-6/h1-5,8,15H,(H,13,14)/t8-/m1/s1. The first-order valence-corrected chi connectivity index (χ1v) is 6.40. The van der Waals surface area contributed by atoms with E-state index in [2.05, 4.69) is 53.1 Å². The Morgan fingerprint density at radius 3 is 2.27 bits per heavy atom. The highest BCUT2D eigenvalue weighted by atomic mass is 80.0. The van der Waals surface area contributed by atoms with Crippen LogP contribution in [0, 0.1) is 0 Å². The topological polar surface area (TPSA) is 49.3 Å². The highest BCUT2D eigenvalue weighted by molar-refractivity contribution is 9.39. The summed E-state index contributed by atoms with van der Waals surface area (Å²) in [6.45, 7) is 0. The Balaban J connectivity index is 2.65. The van der Waals surface area contributed by atoms with Crippen molar-refractivity contribution in [1.82, 2.24) is 5.32 Å². The molecule has 3 nitrogen and oxygen atoms in total. The molecule has 0 saturated heterocycles. The van der Waals surface area contributed by atoms with Crippen molar-refractivity contribution >= 4 is 53.7 Å². The maximum absolute atomic E-state index is 11.6. The zero-order valence-corrected chi connectivity index (χ0v) is 12.2. The van der Waals surface area contributed by atoms with Crippen molar-refractivity contribution in [3.8, 4) is 0 Å². The molecule has 0 radical (unpaired) electrons. The lowest BCUT2D eigenvalue weighted by Gasteiger charge is -2.21. The Morgan fingerprint density at radius 2 is 1.80 bits per heavy atom. The van der Waals surface area contributed by atoms with E-state index >= 15 is 0 Å². The molecular formula is C9H8Br3NO2. The summed E-state index contributed by atoms with van der Waals surface area (Å²) >= 11 is 9.34. The Bertz CT molecular complexity index is 337. The molecule has 0 fully saturated rings. The number of alkyl halides is 3. The monoisotopic (exact) mass is 399 g/mol. The summed E-state index contributed by atoms with van der Waals surface area (Å²) < 4.78 is -0.919. The molecule has 0 bridgehead atoms. The predicted octanol–water partition coefficient (Wildman–Crippen LogP) is 2.57. The van der Waals surface area contributed by atoms with Gasteiger partial charge in [-0.25, -0.2) is 0 Å². The number of carbonyl (C=O) groups is 1. The average molecular weight is 402 g/mol. The van der Waals surface area contributed by atoms with Gasteiger partial charge in [0.2, 0.25) is 0 Å². The van der Waals surface area contributed by atoms with Crippen molar-refractivity contribution in [2.24, 2.45) is 0 Å². The van der Waals surface area contributed by atoms with Gasteiger partial charge in [0, 0.05) is 5.56 Å². The molecule has 1 rings (SSSR count).